The minimum Gasteiger partial charge on any atom is -0.469 e. The zero-order chi connectivity index (χ0) is 18.7. The van der Waals surface area contributed by atoms with Gasteiger partial charge < -0.3 is 9.64 Å². The summed E-state index contributed by atoms with van der Waals surface area (Å²) in [5.74, 6) is -0.550. The van der Waals surface area contributed by atoms with Gasteiger partial charge in [-0.2, -0.15) is 0 Å². The molecule has 7 heteroatoms. The molecule has 0 spiro atoms. The molecular weight excluding hydrogens is 324 g/mol. The van der Waals surface area contributed by atoms with Crippen LogP contribution >= 0.6 is 0 Å². The van der Waals surface area contributed by atoms with E-state index in [1.54, 1.807) is 23.1 Å². The van der Waals surface area contributed by atoms with Crippen molar-refractivity contribution in [1.82, 2.24) is 4.90 Å². The monoisotopic (exact) mass is 348 g/mol. The molecule has 0 bridgehead atoms. The van der Waals surface area contributed by atoms with E-state index in [1.807, 2.05) is 0 Å². The maximum absolute atomic E-state index is 12.4. The number of amides is 1. The highest BCUT2D eigenvalue weighted by atomic mass is 16.6. The average Bonchev–Trinajstić information content (AvgIpc) is 2.62. The third-order valence-corrected chi connectivity index (χ3v) is 3.68. The lowest BCUT2D eigenvalue weighted by molar-refractivity contribution is -0.384. The Labute approximate surface area is 147 Å². The SMILES string of the molecule is CCCCCN(CCC(=O)OC)C(=O)/C=C/c1ccc([N+](=O)[O-])cc1. The molecule has 0 N–H and O–H groups in total. The fourth-order valence-electron chi connectivity index (χ4n) is 2.19. The minimum atomic E-state index is -0.471. The summed E-state index contributed by atoms with van der Waals surface area (Å²) in [5, 5.41) is 10.6. The molecule has 0 fully saturated rings. The smallest absolute Gasteiger partial charge is 0.307 e. The van der Waals surface area contributed by atoms with Crippen LogP contribution in [0.4, 0.5) is 5.69 Å². The predicted molar refractivity (Wildman–Crippen MR) is 94.9 cm³/mol. The van der Waals surface area contributed by atoms with Crippen LogP contribution in [0.15, 0.2) is 30.3 Å². The number of carbonyl (C=O) groups is 2. The molecule has 0 aliphatic carbocycles. The second-order valence-electron chi connectivity index (χ2n) is 5.54. The molecule has 1 amide bonds. The standard InChI is InChI=1S/C18H24N2O5/c1-3-4-5-13-19(14-12-18(22)25-2)17(21)11-8-15-6-9-16(10-7-15)20(23)24/h6-11H,3-5,12-14H2,1-2H3/b11-8+. The highest BCUT2D eigenvalue weighted by molar-refractivity contribution is 5.92. The molecular formula is C18H24N2O5. The molecule has 0 aromatic heterocycles. The van der Waals surface area contributed by atoms with Crippen LogP contribution in [0.1, 0.15) is 38.2 Å². The number of esters is 1. The summed E-state index contributed by atoms with van der Waals surface area (Å²) in [6.07, 6.45) is 6.10. The summed E-state index contributed by atoms with van der Waals surface area (Å²) >= 11 is 0. The largest absolute Gasteiger partial charge is 0.469 e. The molecule has 136 valence electrons. The van der Waals surface area contributed by atoms with Gasteiger partial charge in [0.1, 0.15) is 0 Å². The van der Waals surface area contributed by atoms with E-state index in [9.17, 15) is 19.7 Å². The number of nitrogens with zero attached hydrogens (tertiary/aromatic N) is 2. The van der Waals surface area contributed by atoms with Crippen molar-refractivity contribution in [3.05, 3.63) is 46.0 Å². The van der Waals surface area contributed by atoms with E-state index in [0.29, 0.717) is 18.7 Å². The van der Waals surface area contributed by atoms with Crippen molar-refractivity contribution in [3.63, 3.8) is 0 Å². The van der Waals surface area contributed by atoms with Crippen molar-refractivity contribution in [2.75, 3.05) is 20.2 Å². The summed E-state index contributed by atoms with van der Waals surface area (Å²) in [5.41, 5.74) is 0.697. The lowest BCUT2D eigenvalue weighted by Crippen LogP contribution is -2.32. The van der Waals surface area contributed by atoms with E-state index < -0.39 is 4.92 Å². The van der Waals surface area contributed by atoms with Gasteiger partial charge in [0.15, 0.2) is 0 Å². The molecule has 0 atom stereocenters. The molecule has 0 saturated heterocycles. The van der Waals surface area contributed by atoms with Crippen molar-refractivity contribution in [1.29, 1.82) is 0 Å². The van der Waals surface area contributed by atoms with Gasteiger partial charge >= 0.3 is 5.97 Å². The molecule has 0 saturated carbocycles. The van der Waals surface area contributed by atoms with Gasteiger partial charge in [0.2, 0.25) is 5.91 Å². The lowest BCUT2D eigenvalue weighted by Gasteiger charge is -2.20. The minimum absolute atomic E-state index is 0.00254. The van der Waals surface area contributed by atoms with Gasteiger partial charge in [0.25, 0.3) is 5.69 Å². The van der Waals surface area contributed by atoms with Crippen LogP contribution in [0, 0.1) is 10.1 Å². The van der Waals surface area contributed by atoms with Gasteiger partial charge in [-0.15, -0.1) is 0 Å². The number of nitro groups is 1. The maximum Gasteiger partial charge on any atom is 0.307 e. The number of unbranched alkanes of at least 4 members (excludes halogenated alkanes) is 2. The number of methoxy groups -OCH3 is 1. The highest BCUT2D eigenvalue weighted by Crippen LogP contribution is 2.13. The molecule has 7 nitrogen and oxygen atoms in total. The summed E-state index contributed by atoms with van der Waals surface area (Å²) in [6, 6.07) is 5.94. The van der Waals surface area contributed by atoms with Gasteiger partial charge in [-0.05, 0) is 30.2 Å². The van der Waals surface area contributed by atoms with Crippen molar-refractivity contribution in [2.45, 2.75) is 32.6 Å². The van der Waals surface area contributed by atoms with Gasteiger partial charge in [0.05, 0.1) is 18.5 Å². The Morgan fingerprint density at radius 1 is 1.20 bits per heavy atom. The quantitative estimate of drug-likeness (QED) is 0.213. The molecule has 0 aliphatic rings. The van der Waals surface area contributed by atoms with Crippen molar-refractivity contribution in [3.8, 4) is 0 Å². The zero-order valence-electron chi connectivity index (χ0n) is 14.6. The third kappa shape index (κ3) is 7.60. The summed E-state index contributed by atoms with van der Waals surface area (Å²) in [7, 11) is 1.32. The molecule has 0 unspecified atom stereocenters. The van der Waals surface area contributed by atoms with Crippen LogP contribution in [0.2, 0.25) is 0 Å². The van der Waals surface area contributed by atoms with E-state index in [4.69, 9.17) is 0 Å². The zero-order valence-corrected chi connectivity index (χ0v) is 14.6. The molecule has 1 aromatic rings. The first kappa shape index (κ1) is 20.3. The van der Waals surface area contributed by atoms with E-state index >= 15 is 0 Å². The first-order chi connectivity index (χ1) is 12.0. The summed E-state index contributed by atoms with van der Waals surface area (Å²) < 4.78 is 4.62. The Bertz CT molecular complexity index is 610. The number of non-ortho nitro benzene ring substituents is 1. The second kappa shape index (κ2) is 11.0. The molecule has 1 aromatic carbocycles. The highest BCUT2D eigenvalue weighted by Gasteiger charge is 2.12. The molecule has 1 rings (SSSR count). The summed E-state index contributed by atoms with van der Waals surface area (Å²) in [4.78, 5) is 35.4. The van der Waals surface area contributed by atoms with Crippen LogP contribution in [0.3, 0.4) is 0 Å². The predicted octanol–water partition coefficient (Wildman–Crippen LogP) is 3.19. The molecule has 25 heavy (non-hydrogen) atoms. The lowest BCUT2D eigenvalue weighted by atomic mass is 10.2. The number of hydrogen-bond donors (Lipinski definition) is 0. The molecule has 0 radical (unpaired) electrons. The van der Waals surface area contributed by atoms with Crippen LogP contribution in [0.5, 0.6) is 0 Å². The molecule has 0 aliphatic heterocycles. The Morgan fingerprint density at radius 2 is 1.88 bits per heavy atom. The topological polar surface area (TPSA) is 89.8 Å². The van der Waals surface area contributed by atoms with Gasteiger partial charge in [-0.1, -0.05) is 19.8 Å². The van der Waals surface area contributed by atoms with Crippen molar-refractivity contribution < 1.29 is 19.2 Å². The Kier molecular flexibility index (Phi) is 8.92. The van der Waals surface area contributed by atoms with Crippen molar-refractivity contribution in [2.24, 2.45) is 0 Å². The van der Waals surface area contributed by atoms with Crippen LogP contribution in [-0.2, 0) is 14.3 Å². The average molecular weight is 348 g/mol. The van der Waals surface area contributed by atoms with E-state index in [2.05, 4.69) is 11.7 Å². The van der Waals surface area contributed by atoms with Crippen molar-refractivity contribution >= 4 is 23.6 Å². The Balaban J connectivity index is 2.70. The number of hydrogen-bond acceptors (Lipinski definition) is 5. The number of benzene rings is 1. The van der Waals surface area contributed by atoms with E-state index in [-0.39, 0.29) is 24.0 Å². The van der Waals surface area contributed by atoms with Crippen LogP contribution < -0.4 is 0 Å². The van der Waals surface area contributed by atoms with E-state index in [1.165, 1.54) is 25.3 Å². The maximum atomic E-state index is 12.4. The first-order valence-electron chi connectivity index (χ1n) is 8.26. The first-order valence-corrected chi connectivity index (χ1v) is 8.26. The van der Waals surface area contributed by atoms with Gasteiger partial charge in [-0.25, -0.2) is 0 Å². The fraction of sp³-hybridized carbons (Fsp3) is 0.444. The summed E-state index contributed by atoms with van der Waals surface area (Å²) in [6.45, 7) is 2.96. The molecule has 0 heterocycles. The number of nitro benzene ring substituents is 1. The Hall–Kier alpha value is -2.70. The second-order valence-corrected chi connectivity index (χ2v) is 5.54. The van der Waals surface area contributed by atoms with Crippen LogP contribution in [0.25, 0.3) is 6.08 Å². The Morgan fingerprint density at radius 3 is 2.44 bits per heavy atom. The van der Waals surface area contributed by atoms with E-state index in [0.717, 1.165) is 19.3 Å². The normalized spacial score (nSPS) is 10.6. The van der Waals surface area contributed by atoms with Gasteiger partial charge in [-0.3, -0.25) is 19.7 Å². The number of carbonyl (C=O) groups excluding carboxylic acids is 2. The van der Waals surface area contributed by atoms with Gasteiger partial charge in [0, 0.05) is 31.3 Å². The third-order valence-electron chi connectivity index (χ3n) is 3.68. The van der Waals surface area contributed by atoms with Crippen LogP contribution in [-0.4, -0.2) is 41.9 Å². The fourth-order valence-corrected chi connectivity index (χ4v) is 2.19. The number of rotatable bonds is 10. The number of ether oxygens (including phenoxy) is 1.